The van der Waals surface area contributed by atoms with Crippen LogP contribution in [0, 0.1) is 0 Å². The van der Waals surface area contributed by atoms with E-state index in [0.717, 1.165) is 24.9 Å². The van der Waals surface area contributed by atoms with Crippen molar-refractivity contribution in [3.63, 3.8) is 0 Å². The van der Waals surface area contributed by atoms with Crippen LogP contribution >= 0.6 is 0 Å². The van der Waals surface area contributed by atoms with E-state index in [1.807, 2.05) is 6.07 Å². The van der Waals surface area contributed by atoms with Gasteiger partial charge in [0.05, 0.1) is 0 Å². The number of anilines is 1. The highest BCUT2D eigenvalue weighted by molar-refractivity contribution is 5.40. The smallest absolute Gasteiger partial charge is 0.128 e. The molecule has 0 saturated carbocycles. The van der Waals surface area contributed by atoms with E-state index in [1.165, 1.54) is 12.8 Å². The highest BCUT2D eigenvalue weighted by atomic mass is 14.9. The van der Waals surface area contributed by atoms with Gasteiger partial charge in [0, 0.05) is 17.8 Å². The third-order valence-electron chi connectivity index (χ3n) is 2.73. The van der Waals surface area contributed by atoms with Crippen LogP contribution in [0.2, 0.25) is 0 Å². The van der Waals surface area contributed by atoms with Crippen molar-refractivity contribution in [2.24, 2.45) is 0 Å². The Hall–Kier alpha value is -1.09. The van der Waals surface area contributed by atoms with Crippen LogP contribution in [0.1, 0.15) is 51.1 Å². The molecule has 1 aromatic heterocycles. The molecule has 3 N–H and O–H groups in total. The minimum atomic E-state index is 0.355. The third kappa shape index (κ3) is 3.81. The number of nitrogens with one attached hydrogen (secondary N) is 1. The average Bonchev–Trinajstić information content (AvgIpc) is 2.31. The van der Waals surface area contributed by atoms with Gasteiger partial charge in [0.1, 0.15) is 5.82 Å². The summed E-state index contributed by atoms with van der Waals surface area (Å²) in [7, 11) is 0. The molecule has 0 amide bonds. The molecule has 0 spiro atoms. The second-order valence-electron chi connectivity index (χ2n) is 4.13. The van der Waals surface area contributed by atoms with Crippen LogP contribution in [0.3, 0.4) is 0 Å². The molecule has 90 valence electrons. The van der Waals surface area contributed by atoms with E-state index >= 15 is 0 Å². The zero-order valence-electron chi connectivity index (χ0n) is 10.4. The molecule has 1 aromatic rings. The van der Waals surface area contributed by atoms with Crippen molar-refractivity contribution in [1.82, 2.24) is 10.3 Å². The number of hydrogen-bond donors (Lipinski definition) is 2. The van der Waals surface area contributed by atoms with Gasteiger partial charge in [0.15, 0.2) is 0 Å². The van der Waals surface area contributed by atoms with Gasteiger partial charge in [-0.25, -0.2) is 4.98 Å². The molecule has 1 atom stereocenters. The fraction of sp³-hybridized carbons (Fsp3) is 0.615. The number of aromatic nitrogens is 1. The monoisotopic (exact) mass is 221 g/mol. The fourth-order valence-electron chi connectivity index (χ4n) is 1.82. The minimum Gasteiger partial charge on any atom is -0.383 e. The fourth-order valence-corrected chi connectivity index (χ4v) is 1.82. The van der Waals surface area contributed by atoms with Crippen LogP contribution in [-0.4, -0.2) is 11.5 Å². The molecule has 0 aliphatic heterocycles. The summed E-state index contributed by atoms with van der Waals surface area (Å²) < 4.78 is 0. The van der Waals surface area contributed by atoms with Gasteiger partial charge in [-0.05, 0) is 25.5 Å². The van der Waals surface area contributed by atoms with Gasteiger partial charge in [-0.2, -0.15) is 0 Å². The molecule has 0 saturated heterocycles. The quantitative estimate of drug-likeness (QED) is 0.744. The molecule has 3 nitrogen and oxygen atoms in total. The topological polar surface area (TPSA) is 50.9 Å². The standard InChI is InChI=1S/C13H23N3/c1-3-5-8-12(15-9-4-2)11-7-6-10-16-13(11)14/h6-7,10,12,15H,3-5,8-9H2,1-2H3,(H2,14,16). The molecule has 0 bridgehead atoms. The highest BCUT2D eigenvalue weighted by Gasteiger charge is 2.12. The molecule has 0 aromatic carbocycles. The molecule has 0 aliphatic carbocycles. The molecule has 0 fully saturated rings. The second kappa shape index (κ2) is 7.23. The van der Waals surface area contributed by atoms with Crippen molar-refractivity contribution in [2.45, 2.75) is 45.6 Å². The Bertz CT molecular complexity index is 291. The van der Waals surface area contributed by atoms with E-state index in [0.29, 0.717) is 11.9 Å². The SMILES string of the molecule is CCCCC(NCCC)c1cccnc1N. The Morgan fingerprint density at radius 2 is 2.19 bits per heavy atom. The van der Waals surface area contributed by atoms with Crippen LogP contribution in [0.25, 0.3) is 0 Å². The first-order chi connectivity index (χ1) is 7.79. The van der Waals surface area contributed by atoms with Crippen molar-refractivity contribution in [3.8, 4) is 0 Å². The number of nitrogens with two attached hydrogens (primary N) is 1. The highest BCUT2D eigenvalue weighted by Crippen LogP contribution is 2.22. The molecule has 1 heterocycles. The van der Waals surface area contributed by atoms with E-state index in [-0.39, 0.29) is 0 Å². The normalized spacial score (nSPS) is 12.6. The lowest BCUT2D eigenvalue weighted by Gasteiger charge is -2.19. The first-order valence-electron chi connectivity index (χ1n) is 6.23. The zero-order chi connectivity index (χ0) is 11.8. The Kier molecular flexibility index (Phi) is 5.86. The molecular formula is C13H23N3. The molecule has 0 aliphatic rings. The number of rotatable bonds is 7. The van der Waals surface area contributed by atoms with Gasteiger partial charge < -0.3 is 11.1 Å². The summed E-state index contributed by atoms with van der Waals surface area (Å²) in [5, 5.41) is 3.54. The van der Waals surface area contributed by atoms with Crippen LogP contribution in [0.15, 0.2) is 18.3 Å². The summed E-state index contributed by atoms with van der Waals surface area (Å²) in [5.74, 6) is 0.659. The van der Waals surface area contributed by atoms with Crippen molar-refractivity contribution < 1.29 is 0 Å². The number of unbranched alkanes of at least 4 members (excludes halogenated alkanes) is 1. The van der Waals surface area contributed by atoms with E-state index in [9.17, 15) is 0 Å². The first kappa shape index (κ1) is 13.0. The number of nitrogens with zero attached hydrogens (tertiary/aromatic N) is 1. The minimum absolute atomic E-state index is 0.355. The Morgan fingerprint density at radius 3 is 2.81 bits per heavy atom. The largest absolute Gasteiger partial charge is 0.383 e. The maximum Gasteiger partial charge on any atom is 0.128 e. The third-order valence-corrected chi connectivity index (χ3v) is 2.73. The van der Waals surface area contributed by atoms with Gasteiger partial charge in [0.2, 0.25) is 0 Å². The summed E-state index contributed by atoms with van der Waals surface area (Å²) in [5.41, 5.74) is 7.06. The van der Waals surface area contributed by atoms with E-state index in [1.54, 1.807) is 6.20 Å². The molecular weight excluding hydrogens is 198 g/mol. The Balaban J connectivity index is 2.70. The number of pyridine rings is 1. The van der Waals surface area contributed by atoms with Crippen LogP contribution < -0.4 is 11.1 Å². The molecule has 3 heteroatoms. The maximum absolute atomic E-state index is 5.91. The van der Waals surface area contributed by atoms with E-state index in [4.69, 9.17) is 5.73 Å². The van der Waals surface area contributed by atoms with Crippen LogP contribution in [-0.2, 0) is 0 Å². The lowest BCUT2D eigenvalue weighted by molar-refractivity contribution is 0.481. The van der Waals surface area contributed by atoms with Crippen molar-refractivity contribution >= 4 is 5.82 Å². The number of hydrogen-bond acceptors (Lipinski definition) is 3. The van der Waals surface area contributed by atoms with Crippen molar-refractivity contribution in [1.29, 1.82) is 0 Å². The summed E-state index contributed by atoms with van der Waals surface area (Å²) in [6.07, 6.45) is 6.45. The maximum atomic E-state index is 5.91. The zero-order valence-corrected chi connectivity index (χ0v) is 10.4. The second-order valence-corrected chi connectivity index (χ2v) is 4.13. The summed E-state index contributed by atoms with van der Waals surface area (Å²) in [6, 6.07) is 4.39. The molecule has 0 radical (unpaired) electrons. The first-order valence-corrected chi connectivity index (χ1v) is 6.23. The predicted octanol–water partition coefficient (Wildman–Crippen LogP) is 2.89. The van der Waals surface area contributed by atoms with E-state index in [2.05, 4.69) is 30.2 Å². The summed E-state index contributed by atoms with van der Waals surface area (Å²) in [4.78, 5) is 4.15. The van der Waals surface area contributed by atoms with Crippen molar-refractivity contribution in [3.05, 3.63) is 23.9 Å². The summed E-state index contributed by atoms with van der Waals surface area (Å²) in [6.45, 7) is 5.42. The lowest BCUT2D eigenvalue weighted by atomic mass is 10.0. The Morgan fingerprint density at radius 1 is 1.38 bits per heavy atom. The molecule has 1 rings (SSSR count). The van der Waals surface area contributed by atoms with Crippen LogP contribution in [0.4, 0.5) is 5.82 Å². The van der Waals surface area contributed by atoms with E-state index < -0.39 is 0 Å². The van der Waals surface area contributed by atoms with Gasteiger partial charge >= 0.3 is 0 Å². The average molecular weight is 221 g/mol. The van der Waals surface area contributed by atoms with Gasteiger partial charge in [-0.15, -0.1) is 0 Å². The van der Waals surface area contributed by atoms with Gasteiger partial charge in [-0.3, -0.25) is 0 Å². The van der Waals surface area contributed by atoms with Gasteiger partial charge in [-0.1, -0.05) is 32.8 Å². The van der Waals surface area contributed by atoms with Crippen molar-refractivity contribution in [2.75, 3.05) is 12.3 Å². The number of nitrogen functional groups attached to an aromatic ring is 1. The lowest BCUT2D eigenvalue weighted by Crippen LogP contribution is -2.23. The van der Waals surface area contributed by atoms with Crippen LogP contribution in [0.5, 0.6) is 0 Å². The van der Waals surface area contributed by atoms with Gasteiger partial charge in [0.25, 0.3) is 0 Å². The molecule has 16 heavy (non-hydrogen) atoms. The predicted molar refractivity (Wildman–Crippen MR) is 69.2 cm³/mol. The Labute approximate surface area is 98.5 Å². The molecule has 1 unspecified atom stereocenters. The summed E-state index contributed by atoms with van der Waals surface area (Å²) >= 11 is 0.